The van der Waals surface area contributed by atoms with Gasteiger partial charge < -0.3 is 10.2 Å². The zero-order valence-corrected chi connectivity index (χ0v) is 12.2. The monoisotopic (exact) mass is 279 g/mol. The molecule has 0 amide bonds. The van der Waals surface area contributed by atoms with E-state index in [0.29, 0.717) is 30.1 Å². The lowest BCUT2D eigenvalue weighted by molar-refractivity contribution is -0.384. The highest BCUT2D eigenvalue weighted by molar-refractivity contribution is 5.59. The predicted molar refractivity (Wildman–Crippen MR) is 78.0 cm³/mol. The van der Waals surface area contributed by atoms with Gasteiger partial charge in [0.25, 0.3) is 0 Å². The highest BCUT2D eigenvalue weighted by Gasteiger charge is 2.30. The van der Waals surface area contributed by atoms with E-state index in [-0.39, 0.29) is 5.69 Å². The molecule has 1 aromatic heterocycles. The van der Waals surface area contributed by atoms with Crippen molar-refractivity contribution in [2.75, 3.05) is 29.9 Å². The molecule has 1 atom stereocenters. The Morgan fingerprint density at radius 3 is 2.90 bits per heavy atom. The first-order chi connectivity index (χ1) is 9.52. The van der Waals surface area contributed by atoms with E-state index in [0.717, 1.165) is 19.5 Å². The first kappa shape index (κ1) is 14.5. The quantitative estimate of drug-likeness (QED) is 0.657. The van der Waals surface area contributed by atoms with Gasteiger partial charge in [0.05, 0.1) is 4.92 Å². The van der Waals surface area contributed by atoms with E-state index in [4.69, 9.17) is 0 Å². The van der Waals surface area contributed by atoms with Crippen molar-refractivity contribution in [3.8, 4) is 0 Å². The van der Waals surface area contributed by atoms with Crippen molar-refractivity contribution >= 4 is 17.5 Å². The first-order valence-corrected chi connectivity index (χ1v) is 7.03. The average Bonchev–Trinajstić information content (AvgIpc) is 2.88. The lowest BCUT2D eigenvalue weighted by Gasteiger charge is -2.19. The Balaban J connectivity index is 2.28. The number of hydrogen-bond donors (Lipinski definition) is 1. The summed E-state index contributed by atoms with van der Waals surface area (Å²) in [7, 11) is 0. The fourth-order valence-electron chi connectivity index (χ4n) is 2.50. The molecule has 1 saturated heterocycles. The van der Waals surface area contributed by atoms with Crippen LogP contribution in [0.4, 0.5) is 17.5 Å². The second kappa shape index (κ2) is 6.02. The Hall–Kier alpha value is -1.92. The summed E-state index contributed by atoms with van der Waals surface area (Å²) in [6.07, 6.45) is 2.35. The molecule has 1 N–H and O–H groups in total. The van der Waals surface area contributed by atoms with Crippen LogP contribution in [0.3, 0.4) is 0 Å². The van der Waals surface area contributed by atoms with E-state index in [1.807, 2.05) is 11.8 Å². The molecule has 0 aliphatic carbocycles. The standard InChI is InChI=1S/C13H21N5O2/c1-4-14-13-15-7-11(18(19)20)12(16-13)17-6-5-10(8-17)9(2)3/h7,9-10H,4-6,8H2,1-3H3,(H,14,15,16). The van der Waals surface area contributed by atoms with E-state index >= 15 is 0 Å². The van der Waals surface area contributed by atoms with Crippen molar-refractivity contribution < 1.29 is 4.92 Å². The van der Waals surface area contributed by atoms with Gasteiger partial charge in [-0.3, -0.25) is 10.1 Å². The molecule has 0 saturated carbocycles. The van der Waals surface area contributed by atoms with Crippen LogP contribution < -0.4 is 10.2 Å². The molecule has 20 heavy (non-hydrogen) atoms. The van der Waals surface area contributed by atoms with E-state index in [9.17, 15) is 10.1 Å². The Morgan fingerprint density at radius 1 is 1.60 bits per heavy atom. The van der Waals surface area contributed by atoms with Gasteiger partial charge in [-0.25, -0.2) is 4.98 Å². The van der Waals surface area contributed by atoms with Gasteiger partial charge in [0.15, 0.2) is 0 Å². The van der Waals surface area contributed by atoms with Crippen LogP contribution in [0.2, 0.25) is 0 Å². The average molecular weight is 279 g/mol. The summed E-state index contributed by atoms with van der Waals surface area (Å²) in [6, 6.07) is 0. The van der Waals surface area contributed by atoms with Crippen molar-refractivity contribution in [1.82, 2.24) is 9.97 Å². The Morgan fingerprint density at radius 2 is 2.35 bits per heavy atom. The smallest absolute Gasteiger partial charge is 0.329 e. The fourth-order valence-corrected chi connectivity index (χ4v) is 2.50. The molecule has 1 aromatic rings. The second-order valence-electron chi connectivity index (χ2n) is 5.43. The van der Waals surface area contributed by atoms with Crippen LogP contribution in [0.15, 0.2) is 6.20 Å². The van der Waals surface area contributed by atoms with Gasteiger partial charge in [0.2, 0.25) is 11.8 Å². The zero-order chi connectivity index (χ0) is 14.7. The molecule has 0 radical (unpaired) electrons. The minimum absolute atomic E-state index is 0.0175. The molecular weight excluding hydrogens is 258 g/mol. The molecule has 110 valence electrons. The summed E-state index contributed by atoms with van der Waals surface area (Å²) < 4.78 is 0. The Labute approximate surface area is 118 Å². The Bertz CT molecular complexity index is 492. The number of anilines is 2. The maximum atomic E-state index is 11.1. The summed E-state index contributed by atoms with van der Waals surface area (Å²) in [5.41, 5.74) is -0.0175. The third-order valence-corrected chi connectivity index (χ3v) is 3.75. The number of nitrogens with zero attached hydrogens (tertiary/aromatic N) is 4. The molecule has 0 bridgehead atoms. The van der Waals surface area contributed by atoms with Crippen molar-refractivity contribution in [2.45, 2.75) is 27.2 Å². The normalized spacial score (nSPS) is 18.6. The van der Waals surface area contributed by atoms with Crippen molar-refractivity contribution in [2.24, 2.45) is 11.8 Å². The van der Waals surface area contributed by atoms with Crippen LogP contribution in [0.5, 0.6) is 0 Å². The van der Waals surface area contributed by atoms with Gasteiger partial charge in [-0.05, 0) is 25.2 Å². The van der Waals surface area contributed by atoms with Crippen LogP contribution >= 0.6 is 0 Å². The first-order valence-electron chi connectivity index (χ1n) is 7.03. The predicted octanol–water partition coefficient (Wildman–Crippen LogP) is 2.30. The fraction of sp³-hybridized carbons (Fsp3) is 0.692. The molecule has 2 heterocycles. The number of rotatable bonds is 5. The van der Waals surface area contributed by atoms with E-state index in [1.165, 1.54) is 6.20 Å². The van der Waals surface area contributed by atoms with Crippen LogP contribution in [-0.2, 0) is 0 Å². The number of nitrogens with one attached hydrogen (secondary N) is 1. The van der Waals surface area contributed by atoms with Crippen molar-refractivity contribution in [3.63, 3.8) is 0 Å². The Kier molecular flexibility index (Phi) is 4.36. The summed E-state index contributed by atoms with van der Waals surface area (Å²) in [5.74, 6) is 2.02. The molecule has 1 aliphatic heterocycles. The molecule has 7 nitrogen and oxygen atoms in total. The van der Waals surface area contributed by atoms with Gasteiger partial charge in [-0.1, -0.05) is 13.8 Å². The molecule has 0 spiro atoms. The maximum Gasteiger partial charge on any atom is 0.329 e. The number of aromatic nitrogens is 2. The molecule has 1 unspecified atom stereocenters. The van der Waals surface area contributed by atoms with Gasteiger partial charge >= 0.3 is 5.69 Å². The maximum absolute atomic E-state index is 11.1. The van der Waals surface area contributed by atoms with Crippen LogP contribution in [0.25, 0.3) is 0 Å². The third-order valence-electron chi connectivity index (χ3n) is 3.75. The lowest BCUT2D eigenvalue weighted by atomic mass is 9.95. The SMILES string of the molecule is CCNc1ncc([N+](=O)[O-])c(N2CCC(C(C)C)C2)n1. The molecular formula is C13H21N5O2. The minimum atomic E-state index is -0.409. The van der Waals surface area contributed by atoms with Crippen LogP contribution in [0.1, 0.15) is 27.2 Å². The molecule has 7 heteroatoms. The third kappa shape index (κ3) is 2.97. The topological polar surface area (TPSA) is 84.2 Å². The lowest BCUT2D eigenvalue weighted by Crippen LogP contribution is -2.24. The summed E-state index contributed by atoms with van der Waals surface area (Å²) >= 11 is 0. The molecule has 0 aromatic carbocycles. The largest absolute Gasteiger partial charge is 0.354 e. The van der Waals surface area contributed by atoms with E-state index < -0.39 is 4.92 Å². The second-order valence-corrected chi connectivity index (χ2v) is 5.43. The highest BCUT2D eigenvalue weighted by Crippen LogP contribution is 2.32. The van der Waals surface area contributed by atoms with Crippen LogP contribution in [0, 0.1) is 22.0 Å². The highest BCUT2D eigenvalue weighted by atomic mass is 16.6. The number of hydrogen-bond acceptors (Lipinski definition) is 6. The van der Waals surface area contributed by atoms with E-state index in [1.54, 1.807) is 0 Å². The molecule has 2 rings (SSSR count). The van der Waals surface area contributed by atoms with Gasteiger partial charge in [0.1, 0.15) is 6.20 Å². The van der Waals surface area contributed by atoms with Gasteiger partial charge in [0, 0.05) is 19.6 Å². The van der Waals surface area contributed by atoms with Gasteiger partial charge in [-0.2, -0.15) is 4.98 Å². The van der Waals surface area contributed by atoms with E-state index in [2.05, 4.69) is 29.1 Å². The molecule has 1 fully saturated rings. The number of nitro groups is 1. The summed E-state index contributed by atoms with van der Waals surface area (Å²) in [5, 5.41) is 14.1. The zero-order valence-electron chi connectivity index (χ0n) is 12.2. The van der Waals surface area contributed by atoms with Gasteiger partial charge in [-0.15, -0.1) is 0 Å². The van der Waals surface area contributed by atoms with Crippen molar-refractivity contribution in [1.29, 1.82) is 0 Å². The summed E-state index contributed by atoms with van der Waals surface area (Å²) in [4.78, 5) is 21.0. The minimum Gasteiger partial charge on any atom is -0.354 e. The van der Waals surface area contributed by atoms with Crippen molar-refractivity contribution in [3.05, 3.63) is 16.3 Å². The molecule has 1 aliphatic rings. The van der Waals surface area contributed by atoms with Crippen LogP contribution in [-0.4, -0.2) is 34.5 Å². The summed E-state index contributed by atoms with van der Waals surface area (Å²) in [6.45, 7) is 8.63.